The molecule has 1 heterocycles. The summed E-state index contributed by atoms with van der Waals surface area (Å²) in [4.78, 5) is 13.4. The van der Waals surface area contributed by atoms with Crippen LogP contribution in [0.15, 0.2) is 74.9 Å². The number of fused-ring (bicyclic) bond motifs is 3. The number of Topliss-reactive ketones (excluding diaryl/α,β-unsaturated/α-hetero) is 1. The van der Waals surface area contributed by atoms with Gasteiger partial charge in [0.2, 0.25) is 0 Å². The molecule has 0 saturated carbocycles. The van der Waals surface area contributed by atoms with Crippen LogP contribution in [0.2, 0.25) is 0 Å². The SMILES string of the molecule is CC1(C)CC(=O)C2=C(C1)Oc1ccc3cc(Br)ccc3c1C2c1cccc(Br)c1. The summed E-state index contributed by atoms with van der Waals surface area (Å²) < 4.78 is 8.45. The van der Waals surface area contributed by atoms with Crippen molar-refractivity contribution in [3.63, 3.8) is 0 Å². The molecule has 2 aliphatic rings. The number of hydrogen-bond donors (Lipinski definition) is 0. The Morgan fingerprint density at radius 1 is 0.966 bits per heavy atom. The van der Waals surface area contributed by atoms with Crippen LogP contribution in [-0.4, -0.2) is 5.78 Å². The summed E-state index contributed by atoms with van der Waals surface area (Å²) in [6.45, 7) is 4.28. The second-order valence-electron chi connectivity index (χ2n) is 8.71. The van der Waals surface area contributed by atoms with E-state index in [1.807, 2.05) is 18.2 Å². The van der Waals surface area contributed by atoms with Gasteiger partial charge in [-0.2, -0.15) is 0 Å². The van der Waals surface area contributed by atoms with E-state index in [9.17, 15) is 4.79 Å². The Morgan fingerprint density at radius 3 is 2.55 bits per heavy atom. The summed E-state index contributed by atoms with van der Waals surface area (Å²) in [6.07, 6.45) is 1.32. The molecule has 0 bridgehead atoms. The molecule has 0 radical (unpaired) electrons. The number of benzene rings is 3. The molecule has 1 aliphatic carbocycles. The third-order valence-electron chi connectivity index (χ3n) is 5.86. The Hall–Kier alpha value is -1.91. The van der Waals surface area contributed by atoms with Gasteiger partial charge < -0.3 is 4.74 Å². The summed E-state index contributed by atoms with van der Waals surface area (Å²) in [5.74, 6) is 1.76. The topological polar surface area (TPSA) is 26.3 Å². The lowest BCUT2D eigenvalue weighted by atomic mass is 9.69. The third kappa shape index (κ3) is 3.27. The Morgan fingerprint density at radius 2 is 1.76 bits per heavy atom. The number of carbonyl (C=O) groups is 1. The minimum atomic E-state index is -0.125. The molecule has 1 atom stereocenters. The maximum atomic E-state index is 13.4. The first kappa shape index (κ1) is 19.1. The van der Waals surface area contributed by atoms with Gasteiger partial charge in [0, 0.05) is 38.8 Å². The van der Waals surface area contributed by atoms with Gasteiger partial charge in [0.05, 0.1) is 0 Å². The highest BCUT2D eigenvalue weighted by Gasteiger charge is 2.42. The van der Waals surface area contributed by atoms with Crippen LogP contribution in [-0.2, 0) is 4.79 Å². The van der Waals surface area contributed by atoms with Crippen LogP contribution in [0.5, 0.6) is 5.75 Å². The summed E-state index contributed by atoms with van der Waals surface area (Å²) in [7, 11) is 0. The molecule has 0 N–H and O–H groups in total. The predicted octanol–water partition coefficient (Wildman–Crippen LogP) is 7.53. The average molecular weight is 512 g/mol. The van der Waals surface area contributed by atoms with Crippen LogP contribution < -0.4 is 4.74 Å². The molecule has 0 saturated heterocycles. The van der Waals surface area contributed by atoms with Crippen LogP contribution in [0.4, 0.5) is 0 Å². The first-order valence-corrected chi connectivity index (χ1v) is 11.3. The molecular weight excluding hydrogens is 492 g/mol. The zero-order chi connectivity index (χ0) is 20.3. The lowest BCUT2D eigenvalue weighted by Crippen LogP contribution is -2.33. The largest absolute Gasteiger partial charge is 0.461 e. The molecule has 5 rings (SSSR count). The third-order valence-corrected chi connectivity index (χ3v) is 6.84. The van der Waals surface area contributed by atoms with Gasteiger partial charge in [-0.25, -0.2) is 0 Å². The van der Waals surface area contributed by atoms with Gasteiger partial charge in [-0.1, -0.05) is 70.0 Å². The van der Waals surface area contributed by atoms with Crippen LogP contribution >= 0.6 is 31.9 Å². The van der Waals surface area contributed by atoms with E-state index in [-0.39, 0.29) is 17.1 Å². The van der Waals surface area contributed by atoms with E-state index in [0.29, 0.717) is 6.42 Å². The van der Waals surface area contributed by atoms with Crippen molar-refractivity contribution < 1.29 is 9.53 Å². The van der Waals surface area contributed by atoms with Crippen molar-refractivity contribution in [2.75, 3.05) is 0 Å². The lowest BCUT2D eigenvalue weighted by Gasteiger charge is -2.38. The van der Waals surface area contributed by atoms with E-state index in [1.165, 1.54) is 0 Å². The van der Waals surface area contributed by atoms with E-state index in [2.05, 4.69) is 82.1 Å². The Kier molecular flexibility index (Phi) is 4.48. The number of ether oxygens (including phenoxy) is 1. The fourth-order valence-electron chi connectivity index (χ4n) is 4.68. The fourth-order valence-corrected chi connectivity index (χ4v) is 5.47. The first-order chi connectivity index (χ1) is 13.8. The highest BCUT2D eigenvalue weighted by Crippen LogP contribution is 2.52. The van der Waals surface area contributed by atoms with Crippen molar-refractivity contribution in [3.8, 4) is 5.75 Å². The standard InChI is InChI=1S/C25H20Br2O2/c1-25(2)12-19(28)24-21(13-25)29-20-9-6-14-10-17(27)7-8-18(14)23(20)22(24)15-4-3-5-16(26)11-15/h3-11,22H,12-13H2,1-2H3. The number of carbonyl (C=O) groups excluding carboxylic acids is 1. The second-order valence-corrected chi connectivity index (χ2v) is 10.5. The van der Waals surface area contributed by atoms with Crippen molar-refractivity contribution in [2.24, 2.45) is 5.41 Å². The molecule has 29 heavy (non-hydrogen) atoms. The number of halogens is 2. The van der Waals surface area contributed by atoms with Gasteiger partial charge in [0.25, 0.3) is 0 Å². The zero-order valence-corrected chi connectivity index (χ0v) is 19.4. The Balaban J connectivity index is 1.83. The molecule has 1 unspecified atom stereocenters. The normalized spacial score (nSPS) is 20.3. The van der Waals surface area contributed by atoms with E-state index < -0.39 is 0 Å². The van der Waals surface area contributed by atoms with Crippen molar-refractivity contribution >= 4 is 48.4 Å². The average Bonchev–Trinajstić information content (AvgIpc) is 2.65. The molecule has 3 aromatic carbocycles. The van der Waals surface area contributed by atoms with Crippen molar-refractivity contribution in [1.29, 1.82) is 0 Å². The van der Waals surface area contributed by atoms with Gasteiger partial charge in [-0.15, -0.1) is 0 Å². The zero-order valence-electron chi connectivity index (χ0n) is 16.3. The van der Waals surface area contributed by atoms with Crippen molar-refractivity contribution in [2.45, 2.75) is 32.6 Å². The minimum Gasteiger partial charge on any atom is -0.461 e. The predicted molar refractivity (Wildman–Crippen MR) is 123 cm³/mol. The number of ketones is 1. The molecule has 0 amide bonds. The number of allylic oxidation sites excluding steroid dienone is 2. The Labute approximate surface area is 187 Å². The minimum absolute atomic E-state index is 0.0864. The molecule has 0 fully saturated rings. The summed E-state index contributed by atoms with van der Waals surface area (Å²) >= 11 is 7.19. The molecule has 146 valence electrons. The van der Waals surface area contributed by atoms with Gasteiger partial charge in [-0.3, -0.25) is 4.79 Å². The van der Waals surface area contributed by atoms with Gasteiger partial charge in [0.1, 0.15) is 11.5 Å². The van der Waals surface area contributed by atoms with Gasteiger partial charge in [-0.05, 0) is 52.1 Å². The molecule has 4 heteroatoms. The Bertz CT molecular complexity index is 1210. The molecule has 3 aromatic rings. The molecule has 1 aliphatic heterocycles. The van der Waals surface area contributed by atoms with Crippen LogP contribution in [0.1, 0.15) is 43.7 Å². The molecular formula is C25H20Br2O2. The smallest absolute Gasteiger partial charge is 0.163 e. The molecule has 0 aromatic heterocycles. The van der Waals surface area contributed by atoms with Crippen LogP contribution in [0.3, 0.4) is 0 Å². The monoisotopic (exact) mass is 510 g/mol. The van der Waals surface area contributed by atoms with Gasteiger partial charge >= 0.3 is 0 Å². The van der Waals surface area contributed by atoms with Crippen molar-refractivity contribution in [3.05, 3.63) is 86.0 Å². The quantitative estimate of drug-likeness (QED) is 0.337. The maximum absolute atomic E-state index is 13.4. The van der Waals surface area contributed by atoms with Gasteiger partial charge in [0.15, 0.2) is 5.78 Å². The highest BCUT2D eigenvalue weighted by atomic mass is 79.9. The number of hydrogen-bond acceptors (Lipinski definition) is 2. The fraction of sp³-hybridized carbons (Fsp3) is 0.240. The summed E-state index contributed by atoms with van der Waals surface area (Å²) in [5.41, 5.74) is 2.93. The number of rotatable bonds is 1. The van der Waals surface area contributed by atoms with E-state index >= 15 is 0 Å². The van der Waals surface area contributed by atoms with Crippen LogP contribution in [0, 0.1) is 5.41 Å². The molecule has 2 nitrogen and oxygen atoms in total. The highest BCUT2D eigenvalue weighted by molar-refractivity contribution is 9.10. The summed E-state index contributed by atoms with van der Waals surface area (Å²) in [5, 5.41) is 2.26. The van der Waals surface area contributed by atoms with E-state index in [1.54, 1.807) is 0 Å². The lowest BCUT2D eigenvalue weighted by molar-refractivity contribution is -0.118. The first-order valence-electron chi connectivity index (χ1n) is 9.74. The summed E-state index contributed by atoms with van der Waals surface area (Å²) in [6, 6.07) is 18.7. The molecule has 0 spiro atoms. The van der Waals surface area contributed by atoms with Crippen molar-refractivity contribution in [1.82, 2.24) is 0 Å². The van der Waals surface area contributed by atoms with Crippen LogP contribution in [0.25, 0.3) is 10.8 Å². The maximum Gasteiger partial charge on any atom is 0.163 e. The van der Waals surface area contributed by atoms with E-state index in [4.69, 9.17) is 4.74 Å². The van der Waals surface area contributed by atoms with E-state index in [0.717, 1.165) is 54.3 Å². The second kappa shape index (κ2) is 6.82.